The number of nitrogens with one attached hydrogen (secondary N) is 1. The maximum absolute atomic E-state index is 4.23. The van der Waals surface area contributed by atoms with Crippen LogP contribution in [0.4, 0.5) is 0 Å². The number of rotatable bonds is 0. The minimum absolute atomic E-state index is 0.457. The number of fused-ring (bicyclic) bond motifs is 1. The molecule has 2 heteroatoms. The van der Waals surface area contributed by atoms with Crippen molar-refractivity contribution in [3.05, 3.63) is 23.9 Å². The van der Waals surface area contributed by atoms with Crippen LogP contribution in [-0.2, 0) is 0 Å². The molecular formula is C8H10N2. The third-order valence-corrected chi connectivity index (χ3v) is 1.85. The molecule has 52 valence electrons. The molecule has 0 aromatic heterocycles. The van der Waals surface area contributed by atoms with Crippen LogP contribution in [0.2, 0.25) is 0 Å². The van der Waals surface area contributed by atoms with Gasteiger partial charge in [-0.25, -0.2) is 0 Å². The summed E-state index contributed by atoms with van der Waals surface area (Å²) in [5.74, 6) is 0. The molecule has 1 atom stereocenters. The number of allylic oxidation sites excluding steroid dienone is 1. The quantitative estimate of drug-likeness (QED) is 0.522. The fourth-order valence-electron chi connectivity index (χ4n) is 1.28. The Kier molecular flexibility index (Phi) is 1.31. The standard InChI is InChI=1S/C8H10N2/c1-2-7-3-5-10-8(7)6-9-4-1/h2-5,8,10H,1,6H2. The van der Waals surface area contributed by atoms with Crippen LogP contribution in [0.1, 0.15) is 6.42 Å². The first-order valence-electron chi connectivity index (χ1n) is 3.58. The van der Waals surface area contributed by atoms with Gasteiger partial charge in [0, 0.05) is 12.6 Å². The van der Waals surface area contributed by atoms with Gasteiger partial charge in [-0.2, -0.15) is 0 Å². The van der Waals surface area contributed by atoms with Crippen LogP contribution in [-0.4, -0.2) is 18.8 Å². The first-order chi connectivity index (χ1) is 4.97. The molecule has 0 saturated heterocycles. The van der Waals surface area contributed by atoms with Gasteiger partial charge in [0.1, 0.15) is 0 Å². The molecule has 0 amide bonds. The molecule has 0 aliphatic carbocycles. The average Bonchev–Trinajstić information content (AvgIpc) is 2.28. The molecular weight excluding hydrogens is 124 g/mol. The van der Waals surface area contributed by atoms with E-state index in [0.717, 1.165) is 13.0 Å². The van der Waals surface area contributed by atoms with Crippen LogP contribution in [0.3, 0.4) is 0 Å². The highest BCUT2D eigenvalue weighted by atomic mass is 15.0. The summed E-state index contributed by atoms with van der Waals surface area (Å²) in [4.78, 5) is 4.23. The zero-order chi connectivity index (χ0) is 6.81. The molecule has 0 bridgehead atoms. The van der Waals surface area contributed by atoms with Crippen molar-refractivity contribution < 1.29 is 0 Å². The van der Waals surface area contributed by atoms with E-state index in [9.17, 15) is 0 Å². The smallest absolute Gasteiger partial charge is 0.0701 e. The van der Waals surface area contributed by atoms with Gasteiger partial charge in [-0.3, -0.25) is 4.99 Å². The topological polar surface area (TPSA) is 24.4 Å². The van der Waals surface area contributed by atoms with Gasteiger partial charge in [0.2, 0.25) is 0 Å². The lowest BCUT2D eigenvalue weighted by atomic mass is 10.1. The second kappa shape index (κ2) is 2.29. The summed E-state index contributed by atoms with van der Waals surface area (Å²) in [6, 6.07) is 0.457. The Morgan fingerprint density at radius 2 is 2.60 bits per heavy atom. The fraction of sp³-hybridized carbons (Fsp3) is 0.375. The first kappa shape index (κ1) is 5.71. The fourth-order valence-corrected chi connectivity index (χ4v) is 1.28. The van der Waals surface area contributed by atoms with E-state index >= 15 is 0 Å². The zero-order valence-corrected chi connectivity index (χ0v) is 5.75. The summed E-state index contributed by atoms with van der Waals surface area (Å²) in [6.45, 7) is 0.888. The highest BCUT2D eigenvalue weighted by Gasteiger charge is 2.14. The molecule has 1 N–H and O–H groups in total. The molecule has 2 aliphatic heterocycles. The van der Waals surface area contributed by atoms with Crippen LogP contribution in [0, 0.1) is 0 Å². The minimum Gasteiger partial charge on any atom is -0.382 e. The zero-order valence-electron chi connectivity index (χ0n) is 5.75. The summed E-state index contributed by atoms with van der Waals surface area (Å²) < 4.78 is 0. The molecule has 1 unspecified atom stereocenters. The van der Waals surface area contributed by atoms with Crippen molar-refractivity contribution in [2.24, 2.45) is 4.99 Å². The molecule has 2 heterocycles. The van der Waals surface area contributed by atoms with Crippen LogP contribution >= 0.6 is 0 Å². The lowest BCUT2D eigenvalue weighted by Crippen LogP contribution is -2.23. The first-order valence-corrected chi connectivity index (χ1v) is 3.58. The SMILES string of the molecule is C1=CC2=CCC=NCC2N1. The molecule has 2 nitrogen and oxygen atoms in total. The predicted molar refractivity (Wildman–Crippen MR) is 42.1 cm³/mol. The maximum Gasteiger partial charge on any atom is 0.0701 e. The Hall–Kier alpha value is -1.05. The van der Waals surface area contributed by atoms with E-state index in [2.05, 4.69) is 22.5 Å². The van der Waals surface area contributed by atoms with E-state index in [0.29, 0.717) is 6.04 Å². The Balaban J connectivity index is 2.23. The second-order valence-electron chi connectivity index (χ2n) is 2.54. The van der Waals surface area contributed by atoms with Crippen LogP contribution in [0.25, 0.3) is 0 Å². The lowest BCUT2D eigenvalue weighted by Gasteiger charge is -2.07. The summed E-state index contributed by atoms with van der Waals surface area (Å²) in [7, 11) is 0. The lowest BCUT2D eigenvalue weighted by molar-refractivity contribution is 0.718. The van der Waals surface area contributed by atoms with Crippen LogP contribution < -0.4 is 5.32 Å². The van der Waals surface area contributed by atoms with E-state index in [-0.39, 0.29) is 0 Å². The molecule has 10 heavy (non-hydrogen) atoms. The van der Waals surface area contributed by atoms with Crippen LogP contribution in [0.15, 0.2) is 28.9 Å². The number of hydrogen-bond acceptors (Lipinski definition) is 2. The van der Waals surface area contributed by atoms with Gasteiger partial charge >= 0.3 is 0 Å². The predicted octanol–water partition coefficient (Wildman–Crippen LogP) is 0.873. The van der Waals surface area contributed by atoms with Crippen molar-refractivity contribution in [2.45, 2.75) is 12.5 Å². The Morgan fingerprint density at radius 1 is 1.60 bits per heavy atom. The molecule has 0 aromatic rings. The third-order valence-electron chi connectivity index (χ3n) is 1.85. The maximum atomic E-state index is 4.23. The van der Waals surface area contributed by atoms with Gasteiger partial charge in [0.25, 0.3) is 0 Å². The van der Waals surface area contributed by atoms with Gasteiger partial charge in [0.15, 0.2) is 0 Å². The highest BCUT2D eigenvalue weighted by Crippen LogP contribution is 2.13. The average molecular weight is 134 g/mol. The Labute approximate surface area is 60.3 Å². The largest absolute Gasteiger partial charge is 0.382 e. The van der Waals surface area contributed by atoms with Crippen molar-refractivity contribution in [2.75, 3.05) is 6.54 Å². The van der Waals surface area contributed by atoms with Crippen molar-refractivity contribution in [1.29, 1.82) is 0 Å². The van der Waals surface area contributed by atoms with Crippen LogP contribution in [0.5, 0.6) is 0 Å². The van der Waals surface area contributed by atoms with Crippen molar-refractivity contribution in [1.82, 2.24) is 5.32 Å². The summed E-state index contributed by atoms with van der Waals surface area (Å²) >= 11 is 0. The number of nitrogens with zero attached hydrogens (tertiary/aromatic N) is 1. The molecule has 2 rings (SSSR count). The molecule has 0 fully saturated rings. The van der Waals surface area contributed by atoms with Crippen molar-refractivity contribution in [3.8, 4) is 0 Å². The molecule has 0 aromatic carbocycles. The molecule has 0 radical (unpaired) electrons. The summed E-state index contributed by atoms with van der Waals surface area (Å²) in [6.07, 6.45) is 9.30. The monoisotopic (exact) mass is 134 g/mol. The third kappa shape index (κ3) is 0.856. The van der Waals surface area contributed by atoms with Gasteiger partial charge in [-0.1, -0.05) is 6.08 Å². The van der Waals surface area contributed by atoms with Gasteiger partial charge < -0.3 is 5.32 Å². The van der Waals surface area contributed by atoms with Gasteiger partial charge in [-0.15, -0.1) is 0 Å². The van der Waals surface area contributed by atoms with Crippen molar-refractivity contribution >= 4 is 6.21 Å². The minimum atomic E-state index is 0.457. The van der Waals surface area contributed by atoms with Crippen molar-refractivity contribution in [3.63, 3.8) is 0 Å². The van der Waals surface area contributed by atoms with E-state index < -0.39 is 0 Å². The number of hydrogen-bond donors (Lipinski definition) is 1. The molecule has 2 aliphatic rings. The van der Waals surface area contributed by atoms with E-state index in [1.54, 1.807) is 0 Å². The van der Waals surface area contributed by atoms with E-state index in [1.165, 1.54) is 5.57 Å². The number of aliphatic imine (C=N–C) groups is 1. The summed E-state index contributed by atoms with van der Waals surface area (Å²) in [5, 5.41) is 3.24. The molecule has 0 saturated carbocycles. The molecule has 0 spiro atoms. The Morgan fingerprint density at radius 3 is 3.60 bits per heavy atom. The van der Waals surface area contributed by atoms with Gasteiger partial charge in [0.05, 0.1) is 12.6 Å². The highest BCUT2D eigenvalue weighted by molar-refractivity contribution is 5.61. The van der Waals surface area contributed by atoms with E-state index in [1.807, 2.05) is 12.4 Å². The van der Waals surface area contributed by atoms with Gasteiger partial charge in [-0.05, 0) is 17.8 Å². The van der Waals surface area contributed by atoms with E-state index in [4.69, 9.17) is 0 Å². The normalized spacial score (nSPS) is 28.8. The Bertz CT molecular complexity index is 213. The second-order valence-corrected chi connectivity index (χ2v) is 2.54. The summed E-state index contributed by atoms with van der Waals surface area (Å²) in [5.41, 5.74) is 1.39.